The molecule has 2 aromatic carbocycles. The highest BCUT2D eigenvalue weighted by atomic mass is 32.2. The number of aliphatic hydroxyl groups is 1. The molecule has 1 amide bonds. The van der Waals surface area contributed by atoms with E-state index in [0.717, 1.165) is 16.7 Å². The van der Waals surface area contributed by atoms with Crippen LogP contribution in [0.25, 0.3) is 0 Å². The second-order valence-electron chi connectivity index (χ2n) is 7.88. The van der Waals surface area contributed by atoms with E-state index in [-0.39, 0.29) is 27.0 Å². The number of ether oxygens (including phenoxy) is 1. The zero-order valence-electron chi connectivity index (χ0n) is 15.9. The molecule has 0 aromatic heterocycles. The number of carbonyl (C=O) groups excluding carboxylic acids is 1. The molecule has 160 valence electrons. The van der Waals surface area contributed by atoms with E-state index in [0.29, 0.717) is 23.4 Å². The number of benzene rings is 2. The normalized spacial score (nSPS) is 26.1. The van der Waals surface area contributed by atoms with Gasteiger partial charge in [0.1, 0.15) is 18.5 Å². The number of nitrogens with zero attached hydrogens (tertiary/aromatic N) is 1. The smallest absolute Gasteiger partial charge is 0.267 e. The summed E-state index contributed by atoms with van der Waals surface area (Å²) in [5.41, 5.74) is 1.67. The van der Waals surface area contributed by atoms with Gasteiger partial charge < -0.3 is 14.7 Å². The maximum Gasteiger partial charge on any atom is 0.267 e. The summed E-state index contributed by atoms with van der Waals surface area (Å²) in [6, 6.07) is 11.4. The predicted octanol–water partition coefficient (Wildman–Crippen LogP) is 2.42. The minimum atomic E-state index is -3.88. The molecule has 2 atom stereocenters. The van der Waals surface area contributed by atoms with E-state index in [1.165, 1.54) is 0 Å². The fourth-order valence-electron chi connectivity index (χ4n) is 4.52. The lowest BCUT2D eigenvalue weighted by atomic mass is 9.88. The molecule has 0 saturated heterocycles. The van der Waals surface area contributed by atoms with Crippen LogP contribution in [-0.4, -0.2) is 37.9 Å². The molecular formula is C22H25NO6S. The zero-order chi connectivity index (χ0) is 20.4. The second-order valence-corrected chi connectivity index (χ2v) is 9.64. The van der Waals surface area contributed by atoms with Gasteiger partial charge in [0, 0.05) is 12.8 Å². The molecule has 0 spiro atoms. The van der Waals surface area contributed by atoms with E-state index < -0.39 is 33.5 Å². The minimum Gasteiger partial charge on any atom is -0.487 e. The number of hydrogen-bond donors (Lipinski definition) is 1. The largest absolute Gasteiger partial charge is 0.487 e. The zero-order valence-corrected chi connectivity index (χ0v) is 16.7. The first-order chi connectivity index (χ1) is 13.8. The Balaban J connectivity index is 0.00000218. The fourth-order valence-corrected chi connectivity index (χ4v) is 5.54. The number of anilines is 1. The molecule has 30 heavy (non-hydrogen) atoms. The first kappa shape index (κ1) is 20.8. The van der Waals surface area contributed by atoms with Gasteiger partial charge in [-0.2, -0.15) is 8.42 Å². The molecule has 5 rings (SSSR count). The lowest BCUT2D eigenvalue weighted by molar-refractivity contribution is -0.136. The van der Waals surface area contributed by atoms with Crippen LogP contribution in [0.5, 0.6) is 5.75 Å². The molecule has 2 bridgehead atoms. The third-order valence-electron chi connectivity index (χ3n) is 5.87. The average molecular weight is 432 g/mol. The van der Waals surface area contributed by atoms with Gasteiger partial charge in [0.05, 0.1) is 23.5 Å². The van der Waals surface area contributed by atoms with Crippen molar-refractivity contribution in [3.8, 4) is 5.75 Å². The molecule has 0 fully saturated rings. The topological polar surface area (TPSA) is 93.1 Å². The van der Waals surface area contributed by atoms with Gasteiger partial charge in [0.25, 0.3) is 16.0 Å². The van der Waals surface area contributed by atoms with Crippen molar-refractivity contribution < 1.29 is 27.2 Å². The van der Waals surface area contributed by atoms with Crippen LogP contribution in [-0.2, 0) is 37.7 Å². The summed E-state index contributed by atoms with van der Waals surface area (Å²) >= 11 is 0. The van der Waals surface area contributed by atoms with E-state index in [1.807, 2.05) is 43.3 Å². The number of aryl methyl sites for hydroxylation is 1. The second kappa shape index (κ2) is 7.08. The summed E-state index contributed by atoms with van der Waals surface area (Å²) in [4.78, 5) is 15.0. The maximum absolute atomic E-state index is 13.4. The van der Waals surface area contributed by atoms with Crippen LogP contribution in [0.2, 0.25) is 0 Å². The molecule has 2 unspecified atom stereocenters. The molecular weight excluding hydrogens is 406 g/mol. The first-order valence-corrected chi connectivity index (χ1v) is 11.2. The van der Waals surface area contributed by atoms with E-state index in [4.69, 9.17) is 8.92 Å². The molecule has 3 heterocycles. The highest BCUT2D eigenvalue weighted by Gasteiger charge is 2.54. The lowest BCUT2D eigenvalue weighted by Crippen LogP contribution is -2.42. The summed E-state index contributed by atoms with van der Waals surface area (Å²) in [5.74, 6) is -0.482. The Morgan fingerprint density at radius 2 is 2.00 bits per heavy atom. The third kappa shape index (κ3) is 3.10. The van der Waals surface area contributed by atoms with Crippen molar-refractivity contribution in [1.82, 2.24) is 0 Å². The van der Waals surface area contributed by atoms with E-state index in [9.17, 15) is 18.3 Å². The van der Waals surface area contributed by atoms with Gasteiger partial charge in [-0.3, -0.25) is 8.98 Å². The number of rotatable bonds is 2. The first-order valence-electron chi connectivity index (χ1n) is 9.57. The van der Waals surface area contributed by atoms with Gasteiger partial charge in [-0.15, -0.1) is 0 Å². The maximum atomic E-state index is 13.4. The third-order valence-corrected chi connectivity index (χ3v) is 7.06. The molecule has 3 aliphatic heterocycles. The van der Waals surface area contributed by atoms with Crippen LogP contribution in [0, 0.1) is 6.92 Å². The molecule has 0 saturated carbocycles. The van der Waals surface area contributed by atoms with Crippen molar-refractivity contribution in [3.63, 3.8) is 0 Å². The standard InChI is InChI=1S/C21H21NO6S.CH4/c1-13-9-15-10-16-12-27-29(25,26)8-7-21(24)17(19(15)28-16)18(13)22(20(21)23)11-14-5-3-2-4-6-14;/h2-6,9,16,24H,7-8,10-12H2,1H3;1H4. The van der Waals surface area contributed by atoms with E-state index >= 15 is 0 Å². The van der Waals surface area contributed by atoms with Gasteiger partial charge in [-0.25, -0.2) is 0 Å². The number of amides is 1. The van der Waals surface area contributed by atoms with Crippen molar-refractivity contribution in [2.45, 2.75) is 45.4 Å². The van der Waals surface area contributed by atoms with E-state index in [2.05, 4.69) is 0 Å². The fraction of sp³-hybridized carbons (Fsp3) is 0.409. The summed E-state index contributed by atoms with van der Waals surface area (Å²) in [5, 5.41) is 11.5. The summed E-state index contributed by atoms with van der Waals surface area (Å²) in [6.07, 6.45) is -0.274. The van der Waals surface area contributed by atoms with Crippen LogP contribution < -0.4 is 9.64 Å². The molecule has 2 aromatic rings. The monoisotopic (exact) mass is 431 g/mol. The summed E-state index contributed by atoms with van der Waals surface area (Å²) in [7, 11) is -3.88. The highest BCUT2D eigenvalue weighted by Crippen LogP contribution is 2.53. The highest BCUT2D eigenvalue weighted by molar-refractivity contribution is 7.86. The van der Waals surface area contributed by atoms with Gasteiger partial charge in [-0.05, 0) is 23.6 Å². The van der Waals surface area contributed by atoms with Crippen molar-refractivity contribution in [1.29, 1.82) is 0 Å². The number of hydrogen-bond acceptors (Lipinski definition) is 6. The van der Waals surface area contributed by atoms with Gasteiger partial charge in [0.15, 0.2) is 5.60 Å². The Morgan fingerprint density at radius 3 is 2.73 bits per heavy atom. The van der Waals surface area contributed by atoms with Crippen molar-refractivity contribution in [2.75, 3.05) is 17.3 Å². The van der Waals surface area contributed by atoms with Gasteiger partial charge in [0.2, 0.25) is 0 Å². The van der Waals surface area contributed by atoms with Crippen molar-refractivity contribution in [2.24, 2.45) is 0 Å². The Hall–Kier alpha value is -2.42. The summed E-state index contributed by atoms with van der Waals surface area (Å²) in [6.45, 7) is 2.10. The van der Waals surface area contributed by atoms with Crippen LogP contribution in [0.15, 0.2) is 36.4 Å². The number of carbonyl (C=O) groups is 1. The van der Waals surface area contributed by atoms with Crippen LogP contribution >= 0.6 is 0 Å². The van der Waals surface area contributed by atoms with Crippen LogP contribution in [0.1, 0.15) is 36.1 Å². The van der Waals surface area contributed by atoms with Crippen molar-refractivity contribution in [3.05, 3.63) is 58.7 Å². The Kier molecular flexibility index (Phi) is 4.91. The average Bonchev–Trinajstić information content (AvgIpc) is 3.18. The Morgan fingerprint density at radius 1 is 1.27 bits per heavy atom. The Bertz CT molecular complexity index is 1110. The SMILES string of the molecule is C.Cc1cc2c3c4c1N(Cc1ccccc1)C(=O)C4(O)CCS(=O)(=O)OCC(C2)O3. The summed E-state index contributed by atoms with van der Waals surface area (Å²) < 4.78 is 35.6. The molecule has 1 N–H and O–H groups in total. The quantitative estimate of drug-likeness (QED) is 0.734. The molecule has 0 radical (unpaired) electrons. The van der Waals surface area contributed by atoms with Crippen LogP contribution in [0.3, 0.4) is 0 Å². The predicted molar refractivity (Wildman–Crippen MR) is 112 cm³/mol. The van der Waals surface area contributed by atoms with E-state index in [1.54, 1.807) is 4.90 Å². The van der Waals surface area contributed by atoms with Gasteiger partial charge in [-0.1, -0.05) is 43.8 Å². The van der Waals surface area contributed by atoms with Gasteiger partial charge >= 0.3 is 0 Å². The minimum absolute atomic E-state index is 0. The molecule has 8 heteroatoms. The van der Waals surface area contributed by atoms with Crippen molar-refractivity contribution >= 4 is 21.7 Å². The van der Waals surface area contributed by atoms with Crippen LogP contribution in [0.4, 0.5) is 5.69 Å². The molecule has 3 aliphatic rings. The lowest BCUT2D eigenvalue weighted by Gasteiger charge is -2.25. The molecule has 0 aliphatic carbocycles. The Labute approximate surface area is 176 Å². The number of fused-ring (bicyclic) bond motifs is 1. The molecule has 7 nitrogen and oxygen atoms in total.